The fourth-order valence-corrected chi connectivity index (χ4v) is 5.30. The van der Waals surface area contributed by atoms with Gasteiger partial charge in [-0.05, 0) is 50.8 Å². The molecule has 9 nitrogen and oxygen atoms in total. The van der Waals surface area contributed by atoms with Crippen LogP contribution in [-0.4, -0.2) is 69.3 Å². The van der Waals surface area contributed by atoms with Gasteiger partial charge in [-0.15, -0.1) is 0 Å². The monoisotopic (exact) mass is 545 g/mol. The lowest BCUT2D eigenvalue weighted by Crippen LogP contribution is -2.54. The molecule has 1 aliphatic rings. The van der Waals surface area contributed by atoms with Gasteiger partial charge in [-0.2, -0.15) is 0 Å². The van der Waals surface area contributed by atoms with E-state index in [1.54, 1.807) is 18.2 Å². The summed E-state index contributed by atoms with van der Waals surface area (Å²) in [4.78, 5) is 28.6. The molecule has 0 aliphatic carbocycles. The smallest absolute Gasteiger partial charge is 0.244 e. The van der Waals surface area contributed by atoms with E-state index in [2.05, 4.69) is 5.32 Å². The highest BCUT2D eigenvalue weighted by atomic mass is 32.2. The molecule has 0 fully saturated rings. The number of nitrogens with zero attached hydrogens (tertiary/aromatic N) is 2. The lowest BCUT2D eigenvalue weighted by Gasteiger charge is -2.33. The van der Waals surface area contributed by atoms with Crippen molar-refractivity contribution in [2.24, 2.45) is 0 Å². The van der Waals surface area contributed by atoms with Crippen molar-refractivity contribution in [2.45, 2.75) is 59.0 Å². The molecule has 1 N–H and O–H groups in total. The summed E-state index contributed by atoms with van der Waals surface area (Å²) in [6, 6.07) is 13.8. The van der Waals surface area contributed by atoms with E-state index < -0.39 is 28.5 Å². The Hall–Kier alpha value is -3.27. The van der Waals surface area contributed by atoms with Crippen LogP contribution in [0.2, 0.25) is 0 Å². The minimum absolute atomic E-state index is 0.0442. The minimum Gasteiger partial charge on any atom is -0.486 e. The number of hydrogen-bond acceptors (Lipinski definition) is 6. The molecule has 0 aromatic heterocycles. The van der Waals surface area contributed by atoms with Gasteiger partial charge in [-0.3, -0.25) is 13.9 Å². The van der Waals surface area contributed by atoms with Crippen LogP contribution in [0.4, 0.5) is 5.69 Å². The van der Waals surface area contributed by atoms with E-state index in [1.807, 2.05) is 51.1 Å². The summed E-state index contributed by atoms with van der Waals surface area (Å²) in [7, 11) is -3.82. The molecule has 38 heavy (non-hydrogen) atoms. The van der Waals surface area contributed by atoms with Crippen molar-refractivity contribution in [2.75, 3.05) is 36.4 Å². The van der Waals surface area contributed by atoms with E-state index in [4.69, 9.17) is 9.47 Å². The molecule has 1 aliphatic heterocycles. The first-order chi connectivity index (χ1) is 18.2. The Bertz CT molecular complexity index is 1190. The van der Waals surface area contributed by atoms with Crippen molar-refractivity contribution in [3.63, 3.8) is 0 Å². The van der Waals surface area contributed by atoms with Gasteiger partial charge in [0.1, 0.15) is 25.8 Å². The van der Waals surface area contributed by atoms with Crippen molar-refractivity contribution in [3.8, 4) is 11.5 Å². The molecule has 2 atom stereocenters. The number of nitrogens with one attached hydrogen (secondary N) is 1. The van der Waals surface area contributed by atoms with Crippen LogP contribution in [-0.2, 0) is 26.0 Å². The molecule has 0 radical (unpaired) electrons. The normalized spacial score (nSPS) is 14.3. The molecular formula is C28H39N3O6S. The highest BCUT2D eigenvalue weighted by Crippen LogP contribution is 2.35. The number of sulfonamides is 1. The Labute approximate surface area is 226 Å². The minimum atomic E-state index is -3.82. The van der Waals surface area contributed by atoms with E-state index >= 15 is 0 Å². The number of ether oxygens (including phenoxy) is 2. The number of carbonyl (C=O) groups excluding carboxylic acids is 2. The van der Waals surface area contributed by atoms with Crippen LogP contribution in [0, 0.1) is 0 Å². The third-order valence-electron chi connectivity index (χ3n) is 6.66. The largest absolute Gasteiger partial charge is 0.486 e. The third kappa shape index (κ3) is 7.40. The fraction of sp³-hybridized carbons (Fsp3) is 0.500. The highest BCUT2D eigenvalue weighted by molar-refractivity contribution is 7.92. The topological polar surface area (TPSA) is 105 Å². The Morgan fingerprint density at radius 2 is 1.66 bits per heavy atom. The number of hydrogen-bond donors (Lipinski definition) is 1. The van der Waals surface area contributed by atoms with Crippen molar-refractivity contribution < 1.29 is 27.5 Å². The summed E-state index contributed by atoms with van der Waals surface area (Å²) < 4.78 is 38.6. The van der Waals surface area contributed by atoms with Gasteiger partial charge in [-0.1, -0.05) is 44.2 Å². The van der Waals surface area contributed by atoms with Gasteiger partial charge in [-0.25, -0.2) is 8.42 Å². The average molecular weight is 546 g/mol. The van der Waals surface area contributed by atoms with Crippen LogP contribution in [0.3, 0.4) is 0 Å². The van der Waals surface area contributed by atoms with E-state index in [9.17, 15) is 18.0 Å². The van der Waals surface area contributed by atoms with Crippen molar-refractivity contribution in [3.05, 3.63) is 54.1 Å². The molecule has 2 aromatic rings. The van der Waals surface area contributed by atoms with Crippen LogP contribution in [0.5, 0.6) is 11.5 Å². The number of amides is 2. The Morgan fingerprint density at radius 1 is 0.974 bits per heavy atom. The van der Waals surface area contributed by atoms with Crippen LogP contribution in [0.25, 0.3) is 0 Å². The molecule has 3 rings (SSSR count). The highest BCUT2D eigenvalue weighted by Gasteiger charge is 2.33. The first-order valence-corrected chi connectivity index (χ1v) is 14.8. The second-order valence-electron chi connectivity index (χ2n) is 9.30. The third-order valence-corrected chi connectivity index (χ3v) is 8.41. The summed E-state index contributed by atoms with van der Waals surface area (Å²) in [5.74, 6) is 0.0754. The summed E-state index contributed by atoms with van der Waals surface area (Å²) >= 11 is 0. The Kier molecular flexibility index (Phi) is 10.4. The van der Waals surface area contributed by atoms with Gasteiger partial charge in [0.15, 0.2) is 11.5 Å². The number of rotatable bonds is 13. The van der Waals surface area contributed by atoms with Crippen molar-refractivity contribution >= 4 is 27.5 Å². The van der Waals surface area contributed by atoms with E-state index in [0.29, 0.717) is 43.2 Å². The standard InChI is InChI=1S/C28H39N3O6S/c1-5-21(4)29-28(33)24(6-2)30(16-15-22-11-9-8-10-12-22)27(32)20-31(38(34,35)7-3)23-13-14-25-26(19-23)37-18-17-36-25/h8-14,19,21,24H,5-7,15-18,20H2,1-4H3,(H,29,33)/t21-,24-/m1/s1. The molecule has 2 aromatic carbocycles. The maximum Gasteiger partial charge on any atom is 0.244 e. The van der Waals surface area contributed by atoms with Crippen molar-refractivity contribution in [1.29, 1.82) is 0 Å². The van der Waals surface area contributed by atoms with Gasteiger partial charge >= 0.3 is 0 Å². The van der Waals surface area contributed by atoms with Gasteiger partial charge in [0.05, 0.1) is 11.4 Å². The molecule has 0 unspecified atom stereocenters. The molecule has 0 spiro atoms. The lowest BCUT2D eigenvalue weighted by molar-refractivity contribution is -0.139. The maximum absolute atomic E-state index is 13.8. The van der Waals surface area contributed by atoms with Crippen molar-refractivity contribution in [1.82, 2.24) is 10.2 Å². The second-order valence-corrected chi connectivity index (χ2v) is 11.5. The van der Waals surface area contributed by atoms with E-state index in [-0.39, 0.29) is 24.2 Å². The summed E-state index contributed by atoms with van der Waals surface area (Å²) in [5.41, 5.74) is 1.33. The van der Waals surface area contributed by atoms with E-state index in [1.165, 1.54) is 11.8 Å². The SMILES string of the molecule is CC[C@@H](C)NC(=O)[C@@H](CC)N(CCc1ccccc1)C(=O)CN(c1ccc2c(c1)OCCO2)S(=O)(=O)CC. The first kappa shape index (κ1) is 29.3. The molecule has 10 heteroatoms. The number of carbonyl (C=O) groups is 2. The zero-order valence-corrected chi connectivity index (χ0v) is 23.5. The maximum atomic E-state index is 13.8. The predicted molar refractivity (Wildman–Crippen MR) is 148 cm³/mol. The zero-order chi connectivity index (χ0) is 27.7. The van der Waals surface area contributed by atoms with Gasteiger partial charge in [0.25, 0.3) is 0 Å². The summed E-state index contributed by atoms with van der Waals surface area (Å²) in [6.07, 6.45) is 1.68. The van der Waals surface area contributed by atoms with Gasteiger partial charge < -0.3 is 19.7 Å². The predicted octanol–water partition coefficient (Wildman–Crippen LogP) is 3.38. The summed E-state index contributed by atoms with van der Waals surface area (Å²) in [5, 5.41) is 2.98. The molecule has 0 saturated carbocycles. The number of benzene rings is 2. The van der Waals surface area contributed by atoms with Gasteiger partial charge in [0.2, 0.25) is 21.8 Å². The molecule has 2 amide bonds. The number of fused-ring (bicyclic) bond motifs is 1. The average Bonchev–Trinajstić information content (AvgIpc) is 2.93. The zero-order valence-electron chi connectivity index (χ0n) is 22.7. The second kappa shape index (κ2) is 13.5. The van der Waals surface area contributed by atoms with Crippen LogP contribution in [0.1, 0.15) is 46.1 Å². The first-order valence-electron chi connectivity index (χ1n) is 13.2. The molecule has 208 valence electrons. The van der Waals surface area contributed by atoms with Gasteiger partial charge in [0, 0.05) is 18.7 Å². The Morgan fingerprint density at radius 3 is 2.29 bits per heavy atom. The van der Waals surface area contributed by atoms with Crippen LogP contribution >= 0.6 is 0 Å². The molecule has 0 saturated heterocycles. The molecule has 1 heterocycles. The van der Waals surface area contributed by atoms with E-state index in [0.717, 1.165) is 16.3 Å². The van der Waals surface area contributed by atoms with Crippen LogP contribution < -0.4 is 19.1 Å². The molecule has 0 bridgehead atoms. The quantitative estimate of drug-likeness (QED) is 0.414. The fourth-order valence-electron chi connectivity index (χ4n) is 4.24. The van der Waals surface area contributed by atoms with Crippen LogP contribution in [0.15, 0.2) is 48.5 Å². The molecular weight excluding hydrogens is 506 g/mol. The summed E-state index contributed by atoms with van der Waals surface area (Å²) in [6.45, 7) is 7.89. The Balaban J connectivity index is 1.92. The lowest BCUT2D eigenvalue weighted by atomic mass is 10.1. The number of anilines is 1.